The van der Waals surface area contributed by atoms with Crippen molar-refractivity contribution in [2.45, 2.75) is 77.4 Å². The quantitative estimate of drug-likeness (QED) is 0.607. The Morgan fingerprint density at radius 2 is 1.62 bits per heavy atom. The molecule has 0 radical (unpaired) electrons. The van der Waals surface area contributed by atoms with Crippen LogP contribution in [0.2, 0.25) is 0 Å². The van der Waals surface area contributed by atoms with E-state index in [1.807, 2.05) is 12.1 Å². The number of aryl methyl sites for hydroxylation is 1. The Balaban J connectivity index is 1.52. The van der Waals surface area contributed by atoms with Crippen LogP contribution in [0.15, 0.2) is 24.3 Å². The third kappa shape index (κ3) is 4.36. The molecule has 3 rings (SSSR count). The first kappa shape index (κ1) is 17.8. The third-order valence-electron chi connectivity index (χ3n) is 6.06. The van der Waals surface area contributed by atoms with E-state index in [0.717, 1.165) is 23.8 Å². The highest BCUT2D eigenvalue weighted by Gasteiger charge is 2.44. The lowest BCUT2D eigenvalue weighted by molar-refractivity contribution is -0.313. The van der Waals surface area contributed by atoms with Crippen LogP contribution in [0.4, 0.5) is 8.78 Å². The molecule has 1 saturated heterocycles. The van der Waals surface area contributed by atoms with Crippen molar-refractivity contribution < 1.29 is 13.5 Å². The van der Waals surface area contributed by atoms with Gasteiger partial charge in [0, 0.05) is 5.92 Å². The van der Waals surface area contributed by atoms with E-state index in [1.165, 1.54) is 37.7 Å². The summed E-state index contributed by atoms with van der Waals surface area (Å²) < 4.78 is 32.5. The Morgan fingerprint density at radius 3 is 2.25 bits per heavy atom. The molecule has 0 bridgehead atoms. The first-order valence-electron chi connectivity index (χ1n) is 9.58. The Hall–Kier alpha value is -0.960. The van der Waals surface area contributed by atoms with Crippen LogP contribution in [0.1, 0.15) is 76.0 Å². The molecule has 24 heavy (non-hydrogen) atoms. The average molecular weight is 336 g/mol. The number of hydrogen-bond acceptors (Lipinski definition) is 1. The molecule has 2 atom stereocenters. The number of rotatable bonds is 4. The van der Waals surface area contributed by atoms with Crippen molar-refractivity contribution in [3.8, 4) is 0 Å². The first-order valence-corrected chi connectivity index (χ1v) is 9.58. The van der Waals surface area contributed by atoms with E-state index in [0.29, 0.717) is 12.8 Å². The van der Waals surface area contributed by atoms with E-state index in [1.54, 1.807) is 6.92 Å². The Morgan fingerprint density at radius 1 is 0.958 bits per heavy atom. The van der Waals surface area contributed by atoms with Crippen LogP contribution in [-0.4, -0.2) is 6.11 Å². The molecule has 3 heteroatoms. The number of ether oxygens (including phenoxy) is 1. The predicted molar refractivity (Wildman–Crippen MR) is 93.1 cm³/mol. The Kier molecular flexibility index (Phi) is 5.59. The average Bonchev–Trinajstić information content (AvgIpc) is 2.57. The summed E-state index contributed by atoms with van der Waals surface area (Å²) in [5, 5.41) is 0. The number of hydrogen-bond donors (Lipinski definition) is 0. The molecular weight excluding hydrogens is 306 g/mol. The lowest BCUT2D eigenvalue weighted by atomic mass is 9.80. The van der Waals surface area contributed by atoms with Gasteiger partial charge in [-0.3, -0.25) is 0 Å². The summed E-state index contributed by atoms with van der Waals surface area (Å²) in [6.45, 7) is 3.91. The molecule has 1 nitrogen and oxygen atoms in total. The van der Waals surface area contributed by atoms with Gasteiger partial charge >= 0.3 is 6.11 Å². The summed E-state index contributed by atoms with van der Waals surface area (Å²) in [6, 6.07) is 8.16. The fourth-order valence-electron chi connectivity index (χ4n) is 4.06. The molecule has 1 heterocycles. The van der Waals surface area contributed by atoms with E-state index >= 15 is 0 Å². The zero-order chi connectivity index (χ0) is 17.2. The number of benzene rings is 1. The van der Waals surface area contributed by atoms with E-state index in [4.69, 9.17) is 4.74 Å². The summed E-state index contributed by atoms with van der Waals surface area (Å²) in [5.41, 5.74) is 2.20. The zero-order valence-electron chi connectivity index (χ0n) is 14.9. The van der Waals surface area contributed by atoms with Crippen LogP contribution in [0.3, 0.4) is 0 Å². The van der Waals surface area contributed by atoms with Crippen LogP contribution >= 0.6 is 0 Å². The van der Waals surface area contributed by atoms with E-state index in [-0.39, 0.29) is 0 Å². The molecule has 1 aliphatic carbocycles. The second kappa shape index (κ2) is 7.51. The van der Waals surface area contributed by atoms with Gasteiger partial charge in [-0.15, -0.1) is 0 Å². The summed E-state index contributed by atoms with van der Waals surface area (Å²) in [4.78, 5) is 0. The smallest absolute Gasteiger partial charge is 0.312 e. The largest absolute Gasteiger partial charge is 0.358 e. The van der Waals surface area contributed by atoms with Crippen molar-refractivity contribution in [2.75, 3.05) is 0 Å². The Labute approximate surface area is 144 Å². The topological polar surface area (TPSA) is 9.23 Å². The van der Waals surface area contributed by atoms with E-state index in [2.05, 4.69) is 19.1 Å². The van der Waals surface area contributed by atoms with Gasteiger partial charge in [-0.25, -0.2) is 0 Å². The minimum absolute atomic E-state index is 0.468. The van der Waals surface area contributed by atoms with Gasteiger partial charge in [0.15, 0.2) is 0 Å². The van der Waals surface area contributed by atoms with Crippen molar-refractivity contribution in [2.24, 2.45) is 17.8 Å². The minimum atomic E-state index is -3.00. The van der Waals surface area contributed by atoms with Crippen LogP contribution < -0.4 is 0 Å². The summed E-state index contributed by atoms with van der Waals surface area (Å²) in [7, 11) is 0. The zero-order valence-corrected chi connectivity index (χ0v) is 14.9. The molecule has 0 amide bonds. The van der Waals surface area contributed by atoms with Crippen molar-refractivity contribution in [1.82, 2.24) is 0 Å². The molecular formula is C21H30F2O. The van der Waals surface area contributed by atoms with Gasteiger partial charge in [0.1, 0.15) is 0 Å². The standard InChI is InChI=1S/C21H30F2O/c1-15-3-6-17(7-4-15)8-9-18-10-12-19(13-11-18)20-14-5-16(2)21(22,23)24-20/h10-13,15-17,20H,3-9,14H2,1-2H3. The second-order valence-corrected chi connectivity index (χ2v) is 8.05. The van der Waals surface area contributed by atoms with Crippen molar-refractivity contribution in [3.63, 3.8) is 0 Å². The summed E-state index contributed by atoms with van der Waals surface area (Å²) >= 11 is 0. The maximum atomic E-state index is 13.7. The van der Waals surface area contributed by atoms with Crippen LogP contribution in [-0.2, 0) is 11.2 Å². The molecule has 0 aromatic heterocycles. The molecule has 2 aliphatic rings. The maximum absolute atomic E-state index is 13.7. The van der Waals surface area contributed by atoms with Gasteiger partial charge in [0.2, 0.25) is 0 Å². The van der Waals surface area contributed by atoms with Crippen molar-refractivity contribution in [1.29, 1.82) is 0 Å². The van der Waals surface area contributed by atoms with Gasteiger partial charge in [-0.05, 0) is 48.6 Å². The molecule has 2 unspecified atom stereocenters. The van der Waals surface area contributed by atoms with Gasteiger partial charge in [0.25, 0.3) is 0 Å². The highest BCUT2D eigenvalue weighted by atomic mass is 19.3. The summed E-state index contributed by atoms with van der Waals surface area (Å²) in [5.74, 6) is 1.07. The normalized spacial score (nSPS) is 33.3. The highest BCUT2D eigenvalue weighted by Crippen LogP contribution is 2.42. The van der Waals surface area contributed by atoms with Crippen LogP contribution in [0.5, 0.6) is 0 Å². The van der Waals surface area contributed by atoms with Gasteiger partial charge < -0.3 is 4.74 Å². The predicted octanol–water partition coefficient (Wildman–Crippen LogP) is 6.53. The lowest BCUT2D eigenvalue weighted by Gasteiger charge is -2.34. The van der Waals surface area contributed by atoms with E-state index in [9.17, 15) is 8.78 Å². The lowest BCUT2D eigenvalue weighted by Crippen LogP contribution is -2.36. The highest BCUT2D eigenvalue weighted by molar-refractivity contribution is 5.25. The summed E-state index contributed by atoms with van der Waals surface area (Å²) in [6.07, 6.45) is 5.54. The Bertz CT molecular complexity index is 517. The molecule has 1 aromatic rings. The molecule has 1 aliphatic heterocycles. The van der Waals surface area contributed by atoms with Crippen molar-refractivity contribution >= 4 is 0 Å². The monoisotopic (exact) mass is 336 g/mol. The number of alkyl halides is 2. The number of halogens is 2. The van der Waals surface area contributed by atoms with Crippen LogP contribution in [0, 0.1) is 17.8 Å². The fourth-order valence-corrected chi connectivity index (χ4v) is 4.06. The molecule has 1 aromatic carbocycles. The maximum Gasteiger partial charge on any atom is 0.358 e. The SMILES string of the molecule is CC1CCC(CCc2ccc(C3CCC(C)C(F)(F)O3)cc2)CC1. The molecule has 134 valence electrons. The van der Waals surface area contributed by atoms with Crippen LogP contribution in [0.25, 0.3) is 0 Å². The van der Waals surface area contributed by atoms with Gasteiger partial charge in [-0.2, -0.15) is 8.78 Å². The van der Waals surface area contributed by atoms with Gasteiger partial charge in [0.05, 0.1) is 6.10 Å². The van der Waals surface area contributed by atoms with Gasteiger partial charge in [-0.1, -0.05) is 63.8 Å². The first-order chi connectivity index (χ1) is 11.4. The molecule has 0 N–H and O–H groups in total. The van der Waals surface area contributed by atoms with Crippen molar-refractivity contribution in [3.05, 3.63) is 35.4 Å². The van der Waals surface area contributed by atoms with E-state index < -0.39 is 18.1 Å². The molecule has 1 saturated carbocycles. The minimum Gasteiger partial charge on any atom is -0.312 e. The third-order valence-corrected chi connectivity index (χ3v) is 6.06. The fraction of sp³-hybridized carbons (Fsp3) is 0.714. The molecule has 2 fully saturated rings. The molecule has 0 spiro atoms. The second-order valence-electron chi connectivity index (χ2n) is 8.05.